The molecule has 8 heteroatoms. The van der Waals surface area contributed by atoms with Crippen LogP contribution in [0, 0.1) is 0 Å². The second kappa shape index (κ2) is 11.3. The molecule has 34 heavy (non-hydrogen) atoms. The molecule has 1 aliphatic rings. The molecule has 0 bridgehead atoms. The summed E-state index contributed by atoms with van der Waals surface area (Å²) in [7, 11) is 1.70. The Morgan fingerprint density at radius 2 is 1.97 bits per heavy atom. The largest absolute Gasteiger partial charge is 0.383 e. The number of para-hydroxylation sites is 1. The predicted octanol–water partition coefficient (Wildman–Crippen LogP) is 4.09. The fourth-order valence-electron chi connectivity index (χ4n) is 4.44. The second-order valence-corrected chi connectivity index (χ2v) is 8.63. The summed E-state index contributed by atoms with van der Waals surface area (Å²) in [5, 5.41) is 7.15. The lowest BCUT2D eigenvalue weighted by Crippen LogP contribution is -2.33. The Morgan fingerprint density at radius 3 is 2.74 bits per heavy atom. The van der Waals surface area contributed by atoms with Gasteiger partial charge in [-0.2, -0.15) is 0 Å². The van der Waals surface area contributed by atoms with Crippen molar-refractivity contribution in [1.82, 2.24) is 19.8 Å². The highest BCUT2D eigenvalue weighted by Gasteiger charge is 2.41. The molecule has 1 saturated heterocycles. The maximum absolute atomic E-state index is 12.9. The minimum Gasteiger partial charge on any atom is -0.383 e. The minimum atomic E-state index is -0.117. The summed E-state index contributed by atoms with van der Waals surface area (Å²) in [4.78, 5) is 19.6. The van der Waals surface area contributed by atoms with Gasteiger partial charge < -0.3 is 24.8 Å². The van der Waals surface area contributed by atoms with Crippen molar-refractivity contribution < 1.29 is 9.53 Å². The molecule has 1 fully saturated rings. The summed E-state index contributed by atoms with van der Waals surface area (Å²) in [6.45, 7) is 3.93. The van der Waals surface area contributed by atoms with Gasteiger partial charge in [0, 0.05) is 50.4 Å². The molecule has 4 rings (SSSR count). The zero-order valence-electron chi connectivity index (χ0n) is 19.6. The quantitative estimate of drug-likeness (QED) is 0.429. The lowest BCUT2D eigenvalue weighted by Gasteiger charge is -2.28. The Morgan fingerprint density at radius 1 is 1.15 bits per heavy atom. The van der Waals surface area contributed by atoms with Gasteiger partial charge in [-0.15, -0.1) is 0 Å². The van der Waals surface area contributed by atoms with Crippen molar-refractivity contribution in [3.05, 3.63) is 83.9 Å². The number of aryl methyl sites for hydroxylation is 1. The van der Waals surface area contributed by atoms with Crippen LogP contribution in [0.1, 0.15) is 42.4 Å². The number of amides is 1. The molecule has 1 aliphatic heterocycles. The van der Waals surface area contributed by atoms with Gasteiger partial charge >= 0.3 is 0 Å². The Labute approximate surface area is 206 Å². The van der Waals surface area contributed by atoms with E-state index in [-0.39, 0.29) is 18.0 Å². The van der Waals surface area contributed by atoms with E-state index in [9.17, 15) is 4.79 Å². The SMILES string of the molecule is CCc1ccccc1NC(=O)CCN1C(=S)NC(c2ccccn2)C1c1cccn1CCOC. The van der Waals surface area contributed by atoms with Crippen LogP contribution >= 0.6 is 12.2 Å². The number of carbonyl (C=O) groups is 1. The topological polar surface area (TPSA) is 71.4 Å². The minimum absolute atomic E-state index is 0.0292. The zero-order chi connectivity index (χ0) is 23.9. The first-order valence-corrected chi connectivity index (χ1v) is 12.0. The third kappa shape index (κ3) is 5.29. The van der Waals surface area contributed by atoms with Crippen LogP contribution in [0.4, 0.5) is 5.69 Å². The standard InChI is InChI=1S/C26H31N5O2S/c1-3-19-9-4-5-10-20(19)28-23(32)13-16-31-25(22-12-8-15-30(22)17-18-33-2)24(29-26(31)34)21-11-6-7-14-27-21/h4-12,14-15,24-25H,3,13,16-18H2,1-2H3,(H,28,32)(H,29,34). The molecule has 2 aromatic heterocycles. The highest BCUT2D eigenvalue weighted by molar-refractivity contribution is 7.80. The van der Waals surface area contributed by atoms with Crippen LogP contribution in [0.15, 0.2) is 67.0 Å². The molecular weight excluding hydrogens is 446 g/mol. The molecular formula is C26H31N5O2S. The van der Waals surface area contributed by atoms with Gasteiger partial charge in [0.25, 0.3) is 0 Å². The van der Waals surface area contributed by atoms with Crippen LogP contribution in [0.3, 0.4) is 0 Å². The summed E-state index contributed by atoms with van der Waals surface area (Å²) in [6, 6.07) is 17.7. The van der Waals surface area contributed by atoms with E-state index < -0.39 is 0 Å². The van der Waals surface area contributed by atoms with Crippen molar-refractivity contribution in [2.45, 2.75) is 38.4 Å². The number of nitrogens with zero attached hydrogens (tertiary/aromatic N) is 3. The molecule has 178 valence electrons. The highest BCUT2D eigenvalue weighted by atomic mass is 32.1. The number of carbonyl (C=O) groups excluding carboxylic acids is 1. The van der Waals surface area contributed by atoms with E-state index in [0.717, 1.165) is 35.6 Å². The molecule has 0 saturated carbocycles. The van der Waals surface area contributed by atoms with Crippen molar-refractivity contribution in [2.75, 3.05) is 25.6 Å². The first-order valence-electron chi connectivity index (χ1n) is 11.6. The van der Waals surface area contributed by atoms with Gasteiger partial charge in [-0.3, -0.25) is 9.78 Å². The summed E-state index contributed by atoms with van der Waals surface area (Å²) in [5.41, 5.74) is 4.02. The number of aromatic nitrogens is 2. The number of hydrogen-bond acceptors (Lipinski definition) is 4. The van der Waals surface area contributed by atoms with Crippen LogP contribution in [0.25, 0.3) is 0 Å². The van der Waals surface area contributed by atoms with E-state index >= 15 is 0 Å². The van der Waals surface area contributed by atoms with Crippen molar-refractivity contribution >= 4 is 28.9 Å². The number of methoxy groups -OCH3 is 1. The van der Waals surface area contributed by atoms with E-state index in [0.29, 0.717) is 24.7 Å². The fraction of sp³-hybridized carbons (Fsp3) is 0.346. The second-order valence-electron chi connectivity index (χ2n) is 8.25. The number of rotatable bonds is 10. The van der Waals surface area contributed by atoms with E-state index in [4.69, 9.17) is 17.0 Å². The molecule has 2 unspecified atom stereocenters. The smallest absolute Gasteiger partial charge is 0.226 e. The predicted molar refractivity (Wildman–Crippen MR) is 138 cm³/mol. The van der Waals surface area contributed by atoms with Crippen LogP contribution in [0.5, 0.6) is 0 Å². The third-order valence-electron chi connectivity index (χ3n) is 6.15. The Balaban J connectivity index is 1.55. The number of thiocarbonyl (C=S) groups is 1. The number of nitrogens with one attached hydrogen (secondary N) is 2. The monoisotopic (exact) mass is 477 g/mol. The van der Waals surface area contributed by atoms with Gasteiger partial charge in [0.1, 0.15) is 0 Å². The average Bonchev–Trinajstić information content (AvgIpc) is 3.45. The molecule has 3 aromatic rings. The third-order valence-corrected chi connectivity index (χ3v) is 6.51. The molecule has 2 atom stereocenters. The average molecular weight is 478 g/mol. The molecule has 0 aliphatic carbocycles. The van der Waals surface area contributed by atoms with Crippen LogP contribution < -0.4 is 10.6 Å². The molecule has 0 spiro atoms. The number of hydrogen-bond donors (Lipinski definition) is 2. The fourth-order valence-corrected chi connectivity index (χ4v) is 4.77. The van der Waals surface area contributed by atoms with E-state index in [2.05, 4.69) is 44.3 Å². The first-order chi connectivity index (χ1) is 16.6. The zero-order valence-corrected chi connectivity index (χ0v) is 20.4. The molecule has 2 N–H and O–H groups in total. The molecule has 0 radical (unpaired) electrons. The molecule has 7 nitrogen and oxygen atoms in total. The number of ether oxygens (including phenoxy) is 1. The van der Waals surface area contributed by atoms with Crippen molar-refractivity contribution in [1.29, 1.82) is 0 Å². The Hall–Kier alpha value is -3.23. The maximum Gasteiger partial charge on any atom is 0.226 e. The van der Waals surface area contributed by atoms with Gasteiger partial charge in [0.2, 0.25) is 5.91 Å². The van der Waals surface area contributed by atoms with E-state index in [1.165, 1.54) is 0 Å². The lowest BCUT2D eigenvalue weighted by molar-refractivity contribution is -0.116. The summed E-state index contributed by atoms with van der Waals surface area (Å²) >= 11 is 5.74. The van der Waals surface area contributed by atoms with Gasteiger partial charge in [-0.1, -0.05) is 31.2 Å². The van der Waals surface area contributed by atoms with E-state index in [1.807, 2.05) is 48.5 Å². The summed E-state index contributed by atoms with van der Waals surface area (Å²) in [5.74, 6) is -0.0292. The van der Waals surface area contributed by atoms with Crippen LogP contribution in [-0.4, -0.2) is 45.7 Å². The number of benzene rings is 1. The van der Waals surface area contributed by atoms with E-state index in [1.54, 1.807) is 13.3 Å². The Bertz CT molecular complexity index is 1120. The van der Waals surface area contributed by atoms with Gasteiger partial charge in [-0.05, 0) is 54.5 Å². The summed E-state index contributed by atoms with van der Waals surface area (Å²) < 4.78 is 7.49. The lowest BCUT2D eigenvalue weighted by atomic mass is 10.0. The van der Waals surface area contributed by atoms with Crippen LogP contribution in [0.2, 0.25) is 0 Å². The Kier molecular flexibility index (Phi) is 7.92. The van der Waals surface area contributed by atoms with Crippen molar-refractivity contribution in [2.24, 2.45) is 0 Å². The first kappa shape index (κ1) is 23.9. The van der Waals surface area contributed by atoms with Crippen LogP contribution in [-0.2, 0) is 22.5 Å². The highest BCUT2D eigenvalue weighted by Crippen LogP contribution is 2.38. The summed E-state index contributed by atoms with van der Waals surface area (Å²) in [6.07, 6.45) is 5.03. The maximum atomic E-state index is 12.9. The van der Waals surface area contributed by atoms with Gasteiger partial charge in [0.15, 0.2) is 5.11 Å². The van der Waals surface area contributed by atoms with Crippen molar-refractivity contribution in [3.8, 4) is 0 Å². The van der Waals surface area contributed by atoms with Gasteiger partial charge in [-0.25, -0.2) is 0 Å². The normalized spacial score (nSPS) is 17.6. The molecule has 1 amide bonds. The van der Waals surface area contributed by atoms with Gasteiger partial charge in [0.05, 0.1) is 24.4 Å². The molecule has 3 heterocycles. The van der Waals surface area contributed by atoms with Crippen molar-refractivity contribution in [3.63, 3.8) is 0 Å². The molecule has 1 aromatic carbocycles. The number of pyridine rings is 1. The number of anilines is 1.